The second kappa shape index (κ2) is 9.10. The van der Waals surface area contributed by atoms with Crippen molar-refractivity contribution in [3.63, 3.8) is 0 Å². The number of rotatable bonds is 8. The highest BCUT2D eigenvalue weighted by atomic mass is 16.8. The Labute approximate surface area is 185 Å². The minimum absolute atomic E-state index is 0.183. The maximum Gasteiger partial charge on any atom is 0.331 e. The van der Waals surface area contributed by atoms with Crippen molar-refractivity contribution < 1.29 is 34.3 Å². The number of fused-ring (bicyclic) bond motifs is 1. The summed E-state index contributed by atoms with van der Waals surface area (Å²) in [4.78, 5) is 12.0. The van der Waals surface area contributed by atoms with Gasteiger partial charge < -0.3 is 29.5 Å². The smallest absolute Gasteiger partial charge is 0.331 e. The number of aliphatic hydroxyl groups excluding tert-OH is 1. The number of carboxylic acid groups (broad SMARTS) is 1. The van der Waals surface area contributed by atoms with Gasteiger partial charge in [-0.3, -0.25) is 0 Å². The molecule has 7 nitrogen and oxygen atoms in total. The molecule has 0 aromatic carbocycles. The van der Waals surface area contributed by atoms with E-state index >= 15 is 0 Å². The van der Waals surface area contributed by atoms with Gasteiger partial charge in [-0.05, 0) is 69.6 Å². The maximum absolute atomic E-state index is 12.0. The molecule has 8 atom stereocenters. The molecule has 3 rings (SSSR count). The standard InChI is InChI=1S/C24H40O7/c1-6-29-20-18(25)24(28,21(31-20)30-7-2)14-13-22(4)15(3)11-12-23(5)16(19(26)27)9-8-10-17(22)23/h9,15,17-18,20-21,25,28H,6-8,10-14H2,1-5H3,(H,26,27)/t15-,17-,18+,20+,21-,22+,23+,24+/m0/s1. The number of allylic oxidation sites excluding steroid dienone is 1. The Morgan fingerprint density at radius 2 is 1.87 bits per heavy atom. The van der Waals surface area contributed by atoms with Crippen LogP contribution in [0.5, 0.6) is 0 Å². The van der Waals surface area contributed by atoms with E-state index in [-0.39, 0.29) is 16.7 Å². The Morgan fingerprint density at radius 1 is 1.19 bits per heavy atom. The minimum atomic E-state index is -1.58. The number of aliphatic carboxylic acids is 1. The van der Waals surface area contributed by atoms with E-state index in [0.717, 1.165) is 25.7 Å². The van der Waals surface area contributed by atoms with Crippen molar-refractivity contribution in [3.05, 3.63) is 11.6 Å². The molecule has 7 heteroatoms. The van der Waals surface area contributed by atoms with Crippen molar-refractivity contribution in [2.45, 2.75) is 97.4 Å². The number of hydrogen-bond donors (Lipinski definition) is 3. The Balaban J connectivity index is 1.86. The number of ether oxygens (including phenoxy) is 3. The molecule has 0 spiro atoms. The summed E-state index contributed by atoms with van der Waals surface area (Å²) >= 11 is 0. The first kappa shape index (κ1) is 24.6. The zero-order valence-electron chi connectivity index (χ0n) is 19.6. The second-order valence-electron chi connectivity index (χ2n) is 10.1. The molecule has 1 saturated carbocycles. The van der Waals surface area contributed by atoms with E-state index in [0.29, 0.717) is 37.5 Å². The molecule has 0 bridgehead atoms. The lowest BCUT2D eigenvalue weighted by molar-refractivity contribution is -0.234. The van der Waals surface area contributed by atoms with Crippen LogP contribution in [0.15, 0.2) is 11.6 Å². The van der Waals surface area contributed by atoms with Crippen molar-refractivity contribution >= 4 is 5.97 Å². The topological polar surface area (TPSA) is 105 Å². The summed E-state index contributed by atoms with van der Waals surface area (Å²) in [6.07, 6.45) is 3.22. The number of carbonyl (C=O) groups is 1. The van der Waals surface area contributed by atoms with Crippen LogP contribution in [-0.4, -0.2) is 58.8 Å². The molecule has 0 unspecified atom stereocenters. The van der Waals surface area contributed by atoms with Crippen LogP contribution in [0.2, 0.25) is 0 Å². The van der Waals surface area contributed by atoms with Crippen LogP contribution in [0.25, 0.3) is 0 Å². The Morgan fingerprint density at radius 3 is 2.48 bits per heavy atom. The van der Waals surface area contributed by atoms with E-state index in [2.05, 4.69) is 20.8 Å². The molecule has 0 amide bonds. The summed E-state index contributed by atoms with van der Waals surface area (Å²) in [5, 5.41) is 32.2. The molecule has 1 aliphatic heterocycles. The fourth-order valence-electron chi connectivity index (χ4n) is 6.50. The van der Waals surface area contributed by atoms with E-state index in [1.807, 2.05) is 19.9 Å². The predicted molar refractivity (Wildman–Crippen MR) is 115 cm³/mol. The van der Waals surface area contributed by atoms with Gasteiger partial charge in [-0.1, -0.05) is 26.8 Å². The third-order valence-corrected chi connectivity index (χ3v) is 8.59. The quantitative estimate of drug-likeness (QED) is 0.531. The highest BCUT2D eigenvalue weighted by molar-refractivity contribution is 5.88. The SMILES string of the molecule is CCO[C@@H]1O[C@H](OCC)[C@@](O)(CC[C@]2(C)[C@@H](C)CC[C@]3(C)C(C(=O)O)=CCC[C@@H]23)[C@@H]1O. The van der Waals surface area contributed by atoms with Crippen molar-refractivity contribution in [3.8, 4) is 0 Å². The van der Waals surface area contributed by atoms with Crippen molar-refractivity contribution in [2.24, 2.45) is 22.7 Å². The minimum Gasteiger partial charge on any atom is -0.478 e. The van der Waals surface area contributed by atoms with E-state index in [4.69, 9.17) is 14.2 Å². The van der Waals surface area contributed by atoms with Gasteiger partial charge in [0.15, 0.2) is 12.6 Å². The van der Waals surface area contributed by atoms with E-state index in [1.54, 1.807) is 0 Å². The van der Waals surface area contributed by atoms with Crippen LogP contribution in [0.1, 0.15) is 73.1 Å². The van der Waals surface area contributed by atoms with E-state index in [9.17, 15) is 20.1 Å². The molecule has 1 saturated heterocycles. The van der Waals surface area contributed by atoms with Crippen LogP contribution >= 0.6 is 0 Å². The molecule has 0 aromatic heterocycles. The second-order valence-corrected chi connectivity index (χ2v) is 10.1. The molecule has 0 aromatic rings. The molecule has 2 fully saturated rings. The third kappa shape index (κ3) is 4.08. The van der Waals surface area contributed by atoms with E-state index in [1.165, 1.54) is 0 Å². The van der Waals surface area contributed by atoms with Crippen LogP contribution in [0, 0.1) is 22.7 Å². The Kier molecular flexibility index (Phi) is 7.24. The maximum atomic E-state index is 12.0. The lowest BCUT2D eigenvalue weighted by Gasteiger charge is -2.58. The van der Waals surface area contributed by atoms with Crippen molar-refractivity contribution in [2.75, 3.05) is 13.2 Å². The first-order valence-corrected chi connectivity index (χ1v) is 11.8. The molecule has 3 aliphatic rings. The zero-order valence-corrected chi connectivity index (χ0v) is 19.6. The summed E-state index contributed by atoms with van der Waals surface area (Å²) < 4.78 is 16.8. The summed E-state index contributed by atoms with van der Waals surface area (Å²) in [5.74, 6) is -0.260. The predicted octanol–water partition coefficient (Wildman–Crippen LogP) is 3.48. The monoisotopic (exact) mass is 440 g/mol. The molecular formula is C24H40O7. The van der Waals surface area contributed by atoms with Crippen LogP contribution in [0.3, 0.4) is 0 Å². The lowest BCUT2D eigenvalue weighted by Crippen LogP contribution is -2.54. The molecule has 2 aliphatic carbocycles. The van der Waals surface area contributed by atoms with Gasteiger partial charge in [0.25, 0.3) is 0 Å². The summed E-state index contributed by atoms with van der Waals surface area (Å²) in [6.45, 7) is 10.9. The van der Waals surface area contributed by atoms with E-state index < -0.39 is 30.3 Å². The van der Waals surface area contributed by atoms with Gasteiger partial charge in [-0.15, -0.1) is 0 Å². The van der Waals surface area contributed by atoms with Gasteiger partial charge in [-0.2, -0.15) is 0 Å². The molecule has 31 heavy (non-hydrogen) atoms. The first-order chi connectivity index (χ1) is 14.5. The van der Waals surface area contributed by atoms with Crippen LogP contribution in [0.4, 0.5) is 0 Å². The first-order valence-electron chi connectivity index (χ1n) is 11.8. The summed E-state index contributed by atoms with van der Waals surface area (Å²) in [6, 6.07) is 0. The molecular weight excluding hydrogens is 400 g/mol. The number of carboxylic acids is 1. The molecule has 0 radical (unpaired) electrons. The fraction of sp³-hybridized carbons (Fsp3) is 0.875. The van der Waals surface area contributed by atoms with Gasteiger partial charge in [0.2, 0.25) is 0 Å². The molecule has 178 valence electrons. The lowest BCUT2D eigenvalue weighted by atomic mass is 9.46. The van der Waals surface area contributed by atoms with Crippen molar-refractivity contribution in [1.29, 1.82) is 0 Å². The van der Waals surface area contributed by atoms with Crippen molar-refractivity contribution in [1.82, 2.24) is 0 Å². The van der Waals surface area contributed by atoms with Crippen LogP contribution in [-0.2, 0) is 19.0 Å². The summed E-state index contributed by atoms with van der Waals surface area (Å²) in [7, 11) is 0. The van der Waals surface area contributed by atoms with Gasteiger partial charge >= 0.3 is 5.97 Å². The number of aliphatic hydroxyl groups is 2. The Hall–Kier alpha value is -0.990. The Bertz CT molecular complexity index is 693. The molecule has 3 N–H and O–H groups in total. The van der Waals surface area contributed by atoms with Gasteiger partial charge in [0.05, 0.1) is 0 Å². The van der Waals surface area contributed by atoms with Gasteiger partial charge in [0, 0.05) is 24.2 Å². The average molecular weight is 441 g/mol. The number of hydrogen-bond acceptors (Lipinski definition) is 6. The highest BCUT2D eigenvalue weighted by Crippen LogP contribution is 2.62. The zero-order chi connectivity index (χ0) is 23.0. The summed E-state index contributed by atoms with van der Waals surface area (Å²) in [5.41, 5.74) is -1.61. The largest absolute Gasteiger partial charge is 0.478 e. The normalized spacial score (nSPS) is 45.3. The average Bonchev–Trinajstić information content (AvgIpc) is 2.95. The third-order valence-electron chi connectivity index (χ3n) is 8.59. The van der Waals surface area contributed by atoms with Crippen LogP contribution < -0.4 is 0 Å². The highest BCUT2D eigenvalue weighted by Gasteiger charge is 2.60. The molecule has 1 heterocycles. The van der Waals surface area contributed by atoms with Gasteiger partial charge in [0.1, 0.15) is 11.7 Å². The fourth-order valence-corrected chi connectivity index (χ4v) is 6.50. The van der Waals surface area contributed by atoms with Gasteiger partial charge in [-0.25, -0.2) is 4.79 Å².